The molecule has 0 saturated heterocycles. The molecule has 0 heterocycles. The maximum Gasteiger partial charge on any atom is -0.0348 e. The lowest BCUT2D eigenvalue weighted by Crippen LogP contribution is -1.74. The van der Waals surface area contributed by atoms with Gasteiger partial charge in [-0.3, -0.25) is 0 Å². The van der Waals surface area contributed by atoms with E-state index >= 15 is 0 Å². The summed E-state index contributed by atoms with van der Waals surface area (Å²) in [6.07, 6.45) is 55.5. The third-order valence-corrected chi connectivity index (χ3v) is 3.85. The monoisotopic (exact) mass is 382 g/mol. The van der Waals surface area contributed by atoms with E-state index in [2.05, 4.69) is 48.6 Å². The first kappa shape index (κ1) is 23.9. The Bertz CT molecular complexity index is 671. The first-order valence-corrected chi connectivity index (χ1v) is 10.5. The Balaban J connectivity index is 2.53. The van der Waals surface area contributed by atoms with Crippen LogP contribution in [-0.4, -0.2) is 0 Å². The minimum Gasteiger partial charge on any atom is -0.0845 e. The number of hydrogen-bond acceptors (Lipinski definition) is 0. The van der Waals surface area contributed by atoms with Crippen LogP contribution in [0, 0.1) is 0 Å². The van der Waals surface area contributed by atoms with Crippen LogP contribution in [0.3, 0.4) is 0 Å². The number of hydrogen-bond donors (Lipinski definition) is 0. The van der Waals surface area contributed by atoms with Crippen LogP contribution in [-0.2, 0) is 0 Å². The summed E-state index contributed by atoms with van der Waals surface area (Å²) < 4.78 is 0. The molecule has 0 fully saturated rings. The van der Waals surface area contributed by atoms with Crippen molar-refractivity contribution < 1.29 is 0 Å². The molecule has 0 aromatic carbocycles. The van der Waals surface area contributed by atoms with Gasteiger partial charge < -0.3 is 0 Å². The fourth-order valence-corrected chi connectivity index (χ4v) is 2.33. The average Bonchev–Trinajstić information content (AvgIpc) is 2.73. The second-order valence-electron chi connectivity index (χ2n) is 6.34. The molecule has 0 aromatic rings. The normalized spacial score (nSPS) is 29.5. The van der Waals surface area contributed by atoms with E-state index < -0.39 is 0 Å². The fraction of sp³-hybridized carbons (Fsp3) is 0.172. The van der Waals surface area contributed by atoms with Gasteiger partial charge in [-0.05, 0) is 25.7 Å². The van der Waals surface area contributed by atoms with Crippen LogP contribution in [0.5, 0.6) is 0 Å². The van der Waals surface area contributed by atoms with E-state index in [1.165, 1.54) is 19.3 Å². The van der Waals surface area contributed by atoms with E-state index in [-0.39, 0.29) is 0 Å². The minimum atomic E-state index is 1.15. The van der Waals surface area contributed by atoms with E-state index in [0.29, 0.717) is 0 Å². The molecule has 0 aliphatic heterocycles. The van der Waals surface area contributed by atoms with Crippen LogP contribution in [0.25, 0.3) is 0 Å². The molecule has 0 spiro atoms. The van der Waals surface area contributed by atoms with Gasteiger partial charge in [-0.1, -0.05) is 152 Å². The molecule has 0 radical (unpaired) electrons. The Morgan fingerprint density at radius 2 is 0.414 bits per heavy atom. The molecule has 1 aliphatic rings. The van der Waals surface area contributed by atoms with Crippen molar-refractivity contribution in [2.75, 3.05) is 0 Å². The summed E-state index contributed by atoms with van der Waals surface area (Å²) in [6.45, 7) is 0. The quantitative estimate of drug-likeness (QED) is 0.393. The molecule has 0 atom stereocenters. The van der Waals surface area contributed by atoms with Crippen molar-refractivity contribution in [1.29, 1.82) is 0 Å². The van der Waals surface area contributed by atoms with Gasteiger partial charge in [0.2, 0.25) is 0 Å². The lowest BCUT2D eigenvalue weighted by atomic mass is 10.1. The van der Waals surface area contributed by atoms with Gasteiger partial charge in [-0.15, -0.1) is 0 Å². The van der Waals surface area contributed by atoms with Crippen molar-refractivity contribution in [3.63, 3.8) is 0 Å². The zero-order valence-corrected chi connectivity index (χ0v) is 17.4. The molecule has 0 bridgehead atoms. The molecule has 0 heteroatoms. The molecule has 0 amide bonds. The maximum atomic E-state index is 2.25. The molecule has 0 N–H and O–H groups in total. The summed E-state index contributed by atoms with van der Waals surface area (Å²) in [4.78, 5) is 0. The Morgan fingerprint density at radius 1 is 0.207 bits per heavy atom. The highest BCUT2D eigenvalue weighted by atomic mass is 13.9. The fourth-order valence-electron chi connectivity index (χ4n) is 2.33. The highest BCUT2D eigenvalue weighted by Crippen LogP contribution is 2.04. The van der Waals surface area contributed by atoms with Gasteiger partial charge in [-0.25, -0.2) is 0 Å². The van der Waals surface area contributed by atoms with E-state index in [1.807, 2.05) is 97.2 Å². The van der Waals surface area contributed by atoms with Gasteiger partial charge >= 0.3 is 0 Å². The highest BCUT2D eigenvalue weighted by Gasteiger charge is 1.84. The van der Waals surface area contributed by atoms with Crippen LogP contribution in [0.4, 0.5) is 0 Å². The standard InChI is InChI=1S/C29H34/c1-2-4-6-8-10-12-14-16-18-20-22-24-26-28-29-27-25-23-21-19-17-15-13-11-9-7-5-3-1/h1-24H,25-29H2/b3-1+,4-2+,7-5-,8-6+,11-9+,12-10+,15-13-,16-14+,19-17-,20-18-,23-21?,24-22+. The first-order valence-electron chi connectivity index (χ1n) is 10.5. The number of allylic oxidation sites excluding steroid dienone is 24. The largest absolute Gasteiger partial charge is 0.0845 e. The first-order chi connectivity index (χ1) is 14.5. The zero-order valence-electron chi connectivity index (χ0n) is 17.4. The third kappa shape index (κ3) is 19.4. The SMILES string of the molecule is C1=CCCCCC/C=C/C=C\C=C\C=C\C=C\C=C\C=C\C=C/C=C/C=C\C=C/1. The summed E-state index contributed by atoms with van der Waals surface area (Å²) in [5.41, 5.74) is 0. The molecular weight excluding hydrogens is 348 g/mol. The van der Waals surface area contributed by atoms with Gasteiger partial charge in [0.25, 0.3) is 0 Å². The third-order valence-electron chi connectivity index (χ3n) is 3.85. The van der Waals surface area contributed by atoms with Gasteiger partial charge in [-0.2, -0.15) is 0 Å². The topological polar surface area (TPSA) is 0 Å². The van der Waals surface area contributed by atoms with E-state index in [1.54, 1.807) is 0 Å². The maximum absolute atomic E-state index is 2.25. The van der Waals surface area contributed by atoms with Crippen molar-refractivity contribution in [3.05, 3.63) is 146 Å². The Labute approximate surface area is 178 Å². The smallest absolute Gasteiger partial charge is 0.0348 e. The number of rotatable bonds is 0. The highest BCUT2D eigenvalue weighted by molar-refractivity contribution is 5.23. The molecule has 0 unspecified atom stereocenters. The Morgan fingerprint density at radius 3 is 0.655 bits per heavy atom. The van der Waals surface area contributed by atoms with Crippen molar-refractivity contribution in [2.24, 2.45) is 0 Å². The molecule has 0 aromatic heterocycles. The Kier molecular flexibility index (Phi) is 17.5. The predicted octanol–water partition coefficient (Wildman–Crippen LogP) is 8.62. The van der Waals surface area contributed by atoms with Crippen molar-refractivity contribution in [2.45, 2.75) is 32.1 Å². The van der Waals surface area contributed by atoms with Crippen LogP contribution in [0.1, 0.15) is 32.1 Å². The molecule has 0 saturated carbocycles. The van der Waals surface area contributed by atoms with Gasteiger partial charge in [0.05, 0.1) is 0 Å². The molecular formula is C29H34. The summed E-state index contributed by atoms with van der Waals surface area (Å²) in [7, 11) is 0. The summed E-state index contributed by atoms with van der Waals surface area (Å²) >= 11 is 0. The minimum absolute atomic E-state index is 1.15. The Hall–Kier alpha value is -3.12. The second kappa shape index (κ2) is 21.2. The van der Waals surface area contributed by atoms with Crippen molar-refractivity contribution in [3.8, 4) is 0 Å². The predicted molar refractivity (Wildman–Crippen MR) is 133 cm³/mol. The molecule has 150 valence electrons. The van der Waals surface area contributed by atoms with E-state index in [9.17, 15) is 0 Å². The van der Waals surface area contributed by atoms with Crippen molar-refractivity contribution >= 4 is 0 Å². The summed E-state index contributed by atoms with van der Waals surface area (Å²) in [6, 6.07) is 0. The summed E-state index contributed by atoms with van der Waals surface area (Å²) in [5.74, 6) is 0. The van der Waals surface area contributed by atoms with E-state index in [0.717, 1.165) is 12.8 Å². The van der Waals surface area contributed by atoms with Crippen LogP contribution >= 0.6 is 0 Å². The molecule has 1 rings (SSSR count). The zero-order chi connectivity index (χ0) is 20.5. The molecule has 29 heavy (non-hydrogen) atoms. The molecule has 1 aliphatic carbocycles. The van der Waals surface area contributed by atoms with E-state index in [4.69, 9.17) is 0 Å². The van der Waals surface area contributed by atoms with Gasteiger partial charge in [0.1, 0.15) is 0 Å². The lowest BCUT2D eigenvalue weighted by molar-refractivity contribution is 0.696. The van der Waals surface area contributed by atoms with Gasteiger partial charge in [0, 0.05) is 0 Å². The average molecular weight is 383 g/mol. The lowest BCUT2D eigenvalue weighted by Gasteiger charge is -1.94. The van der Waals surface area contributed by atoms with Crippen LogP contribution < -0.4 is 0 Å². The summed E-state index contributed by atoms with van der Waals surface area (Å²) in [5, 5.41) is 0. The van der Waals surface area contributed by atoms with Crippen molar-refractivity contribution in [1.82, 2.24) is 0 Å². The van der Waals surface area contributed by atoms with Crippen LogP contribution in [0.2, 0.25) is 0 Å². The second-order valence-corrected chi connectivity index (χ2v) is 6.34. The van der Waals surface area contributed by atoms with Gasteiger partial charge in [0.15, 0.2) is 0 Å². The molecule has 0 nitrogen and oxygen atoms in total. The van der Waals surface area contributed by atoms with Crippen LogP contribution in [0.15, 0.2) is 146 Å².